The fraction of sp³-hybridized carbons (Fsp3) is 0.364. The summed E-state index contributed by atoms with van der Waals surface area (Å²) >= 11 is 0. The summed E-state index contributed by atoms with van der Waals surface area (Å²) in [6.07, 6.45) is 0.918. The van der Waals surface area contributed by atoms with E-state index in [0.29, 0.717) is 29.3 Å². The third-order valence-electron chi connectivity index (χ3n) is 4.55. The molecule has 142 valence electrons. The van der Waals surface area contributed by atoms with E-state index in [4.69, 9.17) is 9.47 Å². The SMILES string of the molecule is CCCOc1cc(-c2cc3c(=O)[nH]c(C)nc3cc2C(C)C)ccc1OC. The van der Waals surface area contributed by atoms with E-state index >= 15 is 0 Å². The largest absolute Gasteiger partial charge is 0.493 e. The highest BCUT2D eigenvalue weighted by molar-refractivity contribution is 5.86. The quantitative estimate of drug-likeness (QED) is 0.679. The van der Waals surface area contributed by atoms with Crippen LogP contribution in [0.1, 0.15) is 44.5 Å². The summed E-state index contributed by atoms with van der Waals surface area (Å²) in [6, 6.07) is 9.85. The smallest absolute Gasteiger partial charge is 0.258 e. The first-order valence-corrected chi connectivity index (χ1v) is 9.30. The summed E-state index contributed by atoms with van der Waals surface area (Å²) in [5, 5.41) is 0.590. The summed E-state index contributed by atoms with van der Waals surface area (Å²) in [5.74, 6) is 2.32. The third-order valence-corrected chi connectivity index (χ3v) is 4.55. The average Bonchev–Trinajstić information content (AvgIpc) is 2.65. The van der Waals surface area contributed by atoms with Crippen LogP contribution < -0.4 is 15.0 Å². The Balaban J connectivity index is 2.23. The van der Waals surface area contributed by atoms with Crippen molar-refractivity contribution in [3.05, 3.63) is 52.1 Å². The molecule has 0 fully saturated rings. The van der Waals surface area contributed by atoms with E-state index in [9.17, 15) is 4.79 Å². The monoisotopic (exact) mass is 366 g/mol. The molecule has 0 spiro atoms. The van der Waals surface area contributed by atoms with E-state index in [1.54, 1.807) is 14.0 Å². The van der Waals surface area contributed by atoms with Crippen LogP contribution in [0.4, 0.5) is 0 Å². The number of benzene rings is 2. The maximum absolute atomic E-state index is 12.4. The van der Waals surface area contributed by atoms with Gasteiger partial charge in [-0.2, -0.15) is 0 Å². The number of fused-ring (bicyclic) bond motifs is 1. The zero-order valence-electron chi connectivity index (χ0n) is 16.6. The number of methoxy groups -OCH3 is 1. The van der Waals surface area contributed by atoms with Crippen molar-refractivity contribution in [2.24, 2.45) is 0 Å². The number of aromatic amines is 1. The van der Waals surface area contributed by atoms with E-state index in [0.717, 1.165) is 28.6 Å². The number of rotatable bonds is 6. The van der Waals surface area contributed by atoms with Crippen molar-refractivity contribution >= 4 is 10.9 Å². The molecule has 0 saturated heterocycles. The van der Waals surface area contributed by atoms with Crippen LogP contribution in [0.3, 0.4) is 0 Å². The lowest BCUT2D eigenvalue weighted by Gasteiger charge is -2.17. The van der Waals surface area contributed by atoms with Crippen molar-refractivity contribution in [2.45, 2.75) is 40.0 Å². The van der Waals surface area contributed by atoms with Gasteiger partial charge in [-0.15, -0.1) is 0 Å². The molecule has 0 saturated carbocycles. The number of aromatic nitrogens is 2. The fourth-order valence-electron chi connectivity index (χ4n) is 3.22. The minimum atomic E-state index is -0.120. The Labute approximate surface area is 159 Å². The molecule has 1 heterocycles. The van der Waals surface area contributed by atoms with Gasteiger partial charge >= 0.3 is 0 Å². The molecule has 1 aromatic heterocycles. The predicted molar refractivity (Wildman–Crippen MR) is 109 cm³/mol. The van der Waals surface area contributed by atoms with Gasteiger partial charge in [-0.3, -0.25) is 4.79 Å². The molecule has 0 atom stereocenters. The molecule has 1 N–H and O–H groups in total. The number of nitrogens with zero attached hydrogens (tertiary/aromatic N) is 1. The lowest BCUT2D eigenvalue weighted by molar-refractivity contribution is 0.294. The van der Waals surface area contributed by atoms with E-state index in [-0.39, 0.29) is 11.5 Å². The number of H-pyrrole nitrogens is 1. The average molecular weight is 366 g/mol. The van der Waals surface area contributed by atoms with Crippen molar-refractivity contribution in [1.82, 2.24) is 9.97 Å². The van der Waals surface area contributed by atoms with Crippen LogP contribution in [0.25, 0.3) is 22.0 Å². The first kappa shape index (κ1) is 19.0. The Morgan fingerprint density at radius 3 is 2.59 bits per heavy atom. The summed E-state index contributed by atoms with van der Waals surface area (Å²) in [5.41, 5.74) is 3.75. The summed E-state index contributed by atoms with van der Waals surface area (Å²) in [7, 11) is 1.64. The van der Waals surface area contributed by atoms with E-state index in [1.807, 2.05) is 30.3 Å². The van der Waals surface area contributed by atoms with E-state index in [1.165, 1.54) is 0 Å². The second-order valence-corrected chi connectivity index (χ2v) is 6.98. The standard InChI is InChI=1S/C22H26N2O3/c1-6-9-27-21-10-15(7-8-20(21)26-5)17-11-18-19(12-16(17)13(2)3)23-14(4)24-22(18)25/h7-8,10-13H,6,9H2,1-5H3,(H,23,24,25). The maximum Gasteiger partial charge on any atom is 0.258 e. The lowest BCUT2D eigenvalue weighted by atomic mass is 9.91. The lowest BCUT2D eigenvalue weighted by Crippen LogP contribution is -2.10. The first-order valence-electron chi connectivity index (χ1n) is 9.30. The van der Waals surface area contributed by atoms with Crippen molar-refractivity contribution in [1.29, 1.82) is 0 Å². The molecule has 0 unspecified atom stereocenters. The van der Waals surface area contributed by atoms with E-state index in [2.05, 4.69) is 30.7 Å². The van der Waals surface area contributed by atoms with Gasteiger partial charge in [0.05, 0.1) is 24.6 Å². The van der Waals surface area contributed by atoms with Gasteiger partial charge in [-0.25, -0.2) is 4.98 Å². The van der Waals surface area contributed by atoms with Gasteiger partial charge in [0.15, 0.2) is 11.5 Å². The van der Waals surface area contributed by atoms with E-state index < -0.39 is 0 Å². The molecule has 0 amide bonds. The molecule has 27 heavy (non-hydrogen) atoms. The molecule has 5 heteroatoms. The fourth-order valence-corrected chi connectivity index (χ4v) is 3.22. The summed E-state index contributed by atoms with van der Waals surface area (Å²) < 4.78 is 11.3. The van der Waals surface area contributed by atoms with Crippen LogP contribution in [-0.4, -0.2) is 23.7 Å². The molecule has 5 nitrogen and oxygen atoms in total. The van der Waals surface area contributed by atoms with Crippen LogP contribution in [0, 0.1) is 6.92 Å². The molecule has 3 aromatic rings. The number of hydrogen-bond acceptors (Lipinski definition) is 4. The molecule has 0 aliphatic rings. The Morgan fingerprint density at radius 2 is 1.93 bits per heavy atom. The van der Waals surface area contributed by atoms with Crippen molar-refractivity contribution < 1.29 is 9.47 Å². The van der Waals surface area contributed by atoms with Crippen molar-refractivity contribution in [3.8, 4) is 22.6 Å². The van der Waals surface area contributed by atoms with Gasteiger partial charge in [-0.1, -0.05) is 26.8 Å². The summed E-state index contributed by atoms with van der Waals surface area (Å²) in [4.78, 5) is 19.7. The van der Waals surface area contributed by atoms with Gasteiger partial charge in [0, 0.05) is 0 Å². The van der Waals surface area contributed by atoms with Gasteiger partial charge in [-0.05, 0) is 60.2 Å². The minimum Gasteiger partial charge on any atom is -0.493 e. The van der Waals surface area contributed by atoms with Gasteiger partial charge in [0.25, 0.3) is 5.56 Å². The van der Waals surface area contributed by atoms with Gasteiger partial charge in [0.1, 0.15) is 5.82 Å². The Hall–Kier alpha value is -2.82. The number of aryl methyl sites for hydroxylation is 1. The first-order chi connectivity index (χ1) is 12.9. The zero-order valence-corrected chi connectivity index (χ0v) is 16.6. The molecule has 0 radical (unpaired) electrons. The highest BCUT2D eigenvalue weighted by Gasteiger charge is 2.15. The molecule has 0 bridgehead atoms. The molecule has 0 aliphatic carbocycles. The second-order valence-electron chi connectivity index (χ2n) is 6.98. The normalized spacial score (nSPS) is 11.2. The minimum absolute atomic E-state index is 0.120. The Kier molecular flexibility index (Phi) is 5.49. The number of hydrogen-bond donors (Lipinski definition) is 1. The Bertz CT molecular complexity index is 1020. The van der Waals surface area contributed by atoms with Crippen molar-refractivity contribution in [2.75, 3.05) is 13.7 Å². The van der Waals surface area contributed by atoms with Gasteiger partial charge in [0.2, 0.25) is 0 Å². The van der Waals surface area contributed by atoms with Crippen LogP contribution in [0.15, 0.2) is 35.1 Å². The second kappa shape index (κ2) is 7.82. The number of nitrogens with one attached hydrogen (secondary N) is 1. The number of ether oxygens (including phenoxy) is 2. The summed E-state index contributed by atoms with van der Waals surface area (Å²) in [6.45, 7) is 8.77. The predicted octanol–water partition coefficient (Wildman–Crippen LogP) is 4.82. The topological polar surface area (TPSA) is 64.2 Å². The highest BCUT2D eigenvalue weighted by atomic mass is 16.5. The van der Waals surface area contributed by atoms with Crippen LogP contribution in [-0.2, 0) is 0 Å². The molecular formula is C22H26N2O3. The maximum atomic E-state index is 12.4. The zero-order chi connectivity index (χ0) is 19.6. The Morgan fingerprint density at radius 1 is 1.15 bits per heavy atom. The molecular weight excluding hydrogens is 340 g/mol. The third kappa shape index (κ3) is 3.82. The van der Waals surface area contributed by atoms with Gasteiger partial charge < -0.3 is 14.5 Å². The van der Waals surface area contributed by atoms with Crippen LogP contribution >= 0.6 is 0 Å². The molecule has 2 aromatic carbocycles. The van der Waals surface area contributed by atoms with Crippen molar-refractivity contribution in [3.63, 3.8) is 0 Å². The molecule has 0 aliphatic heterocycles. The van der Waals surface area contributed by atoms with Crippen LogP contribution in [0.5, 0.6) is 11.5 Å². The van der Waals surface area contributed by atoms with Crippen LogP contribution in [0.2, 0.25) is 0 Å². The highest BCUT2D eigenvalue weighted by Crippen LogP contribution is 2.37. The molecule has 3 rings (SSSR count).